The molecule has 3 rings (SSSR count). The van der Waals surface area contributed by atoms with Crippen LogP contribution in [0.2, 0.25) is 0 Å². The first-order chi connectivity index (χ1) is 14.9. The maximum atomic E-state index is 12.8. The van der Waals surface area contributed by atoms with Crippen LogP contribution >= 0.6 is 15.9 Å². The van der Waals surface area contributed by atoms with Gasteiger partial charge in [-0.1, -0.05) is 42.5 Å². The van der Waals surface area contributed by atoms with Gasteiger partial charge in [-0.2, -0.15) is 0 Å². The van der Waals surface area contributed by atoms with Crippen molar-refractivity contribution in [2.24, 2.45) is 5.92 Å². The van der Waals surface area contributed by atoms with E-state index >= 15 is 0 Å². The summed E-state index contributed by atoms with van der Waals surface area (Å²) in [6, 6.07) is 17.3. The molecular formula is C24H28BrN3O3. The summed E-state index contributed by atoms with van der Waals surface area (Å²) >= 11 is 3.40. The number of amides is 3. The fourth-order valence-electron chi connectivity index (χ4n) is 3.79. The number of piperidine rings is 1. The molecule has 0 aromatic heterocycles. The molecule has 0 bridgehead atoms. The molecule has 0 spiro atoms. The molecule has 1 aliphatic rings. The number of anilines is 1. The van der Waals surface area contributed by atoms with Gasteiger partial charge in [0, 0.05) is 36.9 Å². The standard InChI is InChI=1S/C24H28BrN3O3/c1-27(17-22(29)26-21-10-6-5-9-20(21)25)24(31)19-13-15-28(16-14-19)23(30)12-11-18-7-3-2-4-8-18/h2-10,19H,11-17H2,1H3,(H,26,29). The monoisotopic (exact) mass is 485 g/mol. The zero-order valence-corrected chi connectivity index (χ0v) is 19.3. The maximum Gasteiger partial charge on any atom is 0.244 e. The molecule has 0 radical (unpaired) electrons. The summed E-state index contributed by atoms with van der Waals surface area (Å²) in [5.74, 6) is -0.301. The molecule has 0 atom stereocenters. The van der Waals surface area contributed by atoms with Crippen molar-refractivity contribution in [3.8, 4) is 0 Å². The minimum Gasteiger partial charge on any atom is -0.343 e. The van der Waals surface area contributed by atoms with Gasteiger partial charge in [-0.05, 0) is 52.9 Å². The Morgan fingerprint density at radius 3 is 2.35 bits per heavy atom. The van der Waals surface area contributed by atoms with Crippen molar-refractivity contribution in [3.63, 3.8) is 0 Å². The van der Waals surface area contributed by atoms with Crippen LogP contribution in [0.4, 0.5) is 5.69 Å². The highest BCUT2D eigenvalue weighted by molar-refractivity contribution is 9.10. The third-order valence-electron chi connectivity index (χ3n) is 5.57. The van der Waals surface area contributed by atoms with Crippen molar-refractivity contribution in [3.05, 3.63) is 64.6 Å². The first kappa shape index (κ1) is 23.0. The second-order valence-corrected chi connectivity index (χ2v) is 8.72. The van der Waals surface area contributed by atoms with Crippen molar-refractivity contribution in [2.45, 2.75) is 25.7 Å². The van der Waals surface area contributed by atoms with Crippen LogP contribution in [0.25, 0.3) is 0 Å². The van der Waals surface area contributed by atoms with Gasteiger partial charge < -0.3 is 15.1 Å². The molecule has 2 aromatic rings. The number of hydrogen-bond acceptors (Lipinski definition) is 3. The summed E-state index contributed by atoms with van der Waals surface area (Å²) in [6.07, 6.45) is 2.48. The SMILES string of the molecule is CN(CC(=O)Nc1ccccc1Br)C(=O)C1CCN(C(=O)CCc2ccccc2)CC1. The van der Waals surface area contributed by atoms with Crippen LogP contribution < -0.4 is 5.32 Å². The Balaban J connectivity index is 1.42. The number of benzene rings is 2. The van der Waals surface area contributed by atoms with Gasteiger partial charge in [0.1, 0.15) is 0 Å². The quantitative estimate of drug-likeness (QED) is 0.649. The van der Waals surface area contributed by atoms with Gasteiger partial charge in [0.05, 0.1) is 12.2 Å². The number of hydrogen-bond donors (Lipinski definition) is 1. The van der Waals surface area contributed by atoms with E-state index in [4.69, 9.17) is 0 Å². The molecule has 1 aliphatic heterocycles. The van der Waals surface area contributed by atoms with Gasteiger partial charge in [-0.3, -0.25) is 14.4 Å². The fourth-order valence-corrected chi connectivity index (χ4v) is 4.17. The molecule has 164 valence electrons. The second kappa shape index (κ2) is 11.1. The number of nitrogens with one attached hydrogen (secondary N) is 1. The van der Waals surface area contributed by atoms with E-state index in [1.54, 1.807) is 13.1 Å². The molecule has 1 heterocycles. The molecule has 0 unspecified atom stereocenters. The van der Waals surface area contributed by atoms with Gasteiger partial charge in [-0.15, -0.1) is 0 Å². The molecule has 31 heavy (non-hydrogen) atoms. The number of carbonyl (C=O) groups excluding carboxylic acids is 3. The van der Waals surface area contributed by atoms with Gasteiger partial charge in [0.15, 0.2) is 0 Å². The number of likely N-dealkylation sites (tertiary alicyclic amines) is 1. The molecule has 1 saturated heterocycles. The highest BCUT2D eigenvalue weighted by Gasteiger charge is 2.29. The average Bonchev–Trinajstić information content (AvgIpc) is 2.79. The summed E-state index contributed by atoms with van der Waals surface area (Å²) in [5, 5.41) is 2.82. The number of nitrogens with zero attached hydrogens (tertiary/aromatic N) is 2. The molecule has 0 saturated carbocycles. The van der Waals surface area contributed by atoms with Crippen molar-refractivity contribution < 1.29 is 14.4 Å². The van der Waals surface area contributed by atoms with Crippen LogP contribution in [0.1, 0.15) is 24.8 Å². The Morgan fingerprint density at radius 1 is 1.03 bits per heavy atom. The fraction of sp³-hybridized carbons (Fsp3) is 0.375. The zero-order chi connectivity index (χ0) is 22.2. The lowest BCUT2D eigenvalue weighted by atomic mass is 9.95. The number of para-hydroxylation sites is 1. The lowest BCUT2D eigenvalue weighted by Crippen LogP contribution is -2.45. The van der Waals surface area contributed by atoms with Crippen molar-refractivity contribution in [1.82, 2.24) is 9.80 Å². The van der Waals surface area contributed by atoms with Gasteiger partial charge in [-0.25, -0.2) is 0 Å². The van der Waals surface area contributed by atoms with Crippen LogP contribution in [0.15, 0.2) is 59.1 Å². The van der Waals surface area contributed by atoms with Crippen LogP contribution in [0, 0.1) is 5.92 Å². The third-order valence-corrected chi connectivity index (χ3v) is 6.26. The molecule has 1 N–H and O–H groups in total. The van der Waals surface area contributed by atoms with Crippen LogP contribution in [0.5, 0.6) is 0 Å². The van der Waals surface area contributed by atoms with Gasteiger partial charge in [0.25, 0.3) is 0 Å². The highest BCUT2D eigenvalue weighted by Crippen LogP contribution is 2.22. The van der Waals surface area contributed by atoms with E-state index in [1.165, 1.54) is 4.90 Å². The van der Waals surface area contributed by atoms with E-state index in [0.717, 1.165) is 16.5 Å². The lowest BCUT2D eigenvalue weighted by Gasteiger charge is -2.33. The van der Waals surface area contributed by atoms with E-state index in [9.17, 15) is 14.4 Å². The largest absolute Gasteiger partial charge is 0.343 e. The summed E-state index contributed by atoms with van der Waals surface area (Å²) in [4.78, 5) is 40.9. The summed E-state index contributed by atoms with van der Waals surface area (Å²) < 4.78 is 0.793. The Morgan fingerprint density at radius 2 is 1.68 bits per heavy atom. The summed E-state index contributed by atoms with van der Waals surface area (Å²) in [6.45, 7) is 1.17. The minimum absolute atomic E-state index is 0.00358. The summed E-state index contributed by atoms with van der Waals surface area (Å²) in [7, 11) is 1.65. The van der Waals surface area contributed by atoms with Crippen molar-refractivity contribution in [1.29, 1.82) is 0 Å². The van der Waals surface area contributed by atoms with E-state index in [1.807, 2.05) is 53.4 Å². The maximum absolute atomic E-state index is 12.8. The van der Waals surface area contributed by atoms with Crippen molar-refractivity contribution in [2.75, 3.05) is 32.0 Å². The van der Waals surface area contributed by atoms with Crippen LogP contribution in [-0.4, -0.2) is 54.2 Å². The first-order valence-corrected chi connectivity index (χ1v) is 11.3. The topological polar surface area (TPSA) is 69.7 Å². The molecule has 6 nitrogen and oxygen atoms in total. The predicted octanol–water partition coefficient (Wildman–Crippen LogP) is 3.72. The molecule has 3 amide bonds. The van der Waals surface area contributed by atoms with Gasteiger partial charge >= 0.3 is 0 Å². The van der Waals surface area contributed by atoms with E-state index in [-0.39, 0.29) is 30.2 Å². The number of halogens is 1. The normalized spacial score (nSPS) is 14.2. The third kappa shape index (κ3) is 6.66. The number of likely N-dealkylation sites (N-methyl/N-ethyl adjacent to an activating group) is 1. The summed E-state index contributed by atoms with van der Waals surface area (Å²) in [5.41, 5.74) is 1.83. The minimum atomic E-state index is -0.240. The number of aryl methyl sites for hydroxylation is 1. The zero-order valence-electron chi connectivity index (χ0n) is 17.7. The van der Waals surface area contributed by atoms with Crippen molar-refractivity contribution >= 4 is 39.3 Å². The van der Waals surface area contributed by atoms with Crippen LogP contribution in [-0.2, 0) is 20.8 Å². The smallest absolute Gasteiger partial charge is 0.244 e. The number of rotatable bonds is 7. The average molecular weight is 486 g/mol. The number of carbonyl (C=O) groups is 3. The molecule has 7 heteroatoms. The van der Waals surface area contributed by atoms with E-state index < -0.39 is 0 Å². The lowest BCUT2D eigenvalue weighted by molar-refractivity contribution is -0.141. The highest BCUT2D eigenvalue weighted by atomic mass is 79.9. The second-order valence-electron chi connectivity index (χ2n) is 7.86. The van der Waals surface area contributed by atoms with E-state index in [0.29, 0.717) is 38.0 Å². The van der Waals surface area contributed by atoms with E-state index in [2.05, 4.69) is 21.2 Å². The van der Waals surface area contributed by atoms with Gasteiger partial charge in [0.2, 0.25) is 17.7 Å². The van der Waals surface area contributed by atoms with Crippen LogP contribution in [0.3, 0.4) is 0 Å². The first-order valence-electron chi connectivity index (χ1n) is 10.5. The molecule has 1 fully saturated rings. The molecule has 2 aromatic carbocycles. The Kier molecular flexibility index (Phi) is 8.23. The molecule has 0 aliphatic carbocycles. The predicted molar refractivity (Wildman–Crippen MR) is 124 cm³/mol. The Labute approximate surface area is 191 Å². The Bertz CT molecular complexity index is 911. The Hall–Kier alpha value is -2.67. The molecular weight excluding hydrogens is 458 g/mol.